The number of carbonyl (C=O) groups is 1. The molecule has 5 heteroatoms. The molecular formula is C23H23N3O2. The van der Waals surface area contributed by atoms with Crippen molar-refractivity contribution >= 4 is 33.4 Å². The van der Waals surface area contributed by atoms with Crippen molar-refractivity contribution in [3.8, 4) is 0 Å². The summed E-state index contributed by atoms with van der Waals surface area (Å²) in [5, 5.41) is 4.59. The van der Waals surface area contributed by atoms with Crippen molar-refractivity contribution in [3.05, 3.63) is 75.7 Å². The molecule has 0 aliphatic carbocycles. The molecule has 1 amide bonds. The first-order valence-electron chi connectivity index (χ1n) is 9.29. The van der Waals surface area contributed by atoms with Gasteiger partial charge in [0.25, 0.3) is 5.91 Å². The summed E-state index contributed by atoms with van der Waals surface area (Å²) < 4.78 is 0. The average molecular weight is 373 g/mol. The highest BCUT2D eigenvalue weighted by molar-refractivity contribution is 6.07. The number of anilines is 1. The minimum Gasteiger partial charge on any atom is -0.361 e. The predicted octanol–water partition coefficient (Wildman–Crippen LogP) is 4.87. The minimum atomic E-state index is -0.414. The Balaban J connectivity index is 1.81. The number of aromatic nitrogens is 2. The van der Waals surface area contributed by atoms with E-state index in [1.165, 1.54) is 6.20 Å². The fraction of sp³-hybridized carbons (Fsp3) is 0.217. The van der Waals surface area contributed by atoms with Crippen LogP contribution in [-0.2, 0) is 5.41 Å². The maximum absolute atomic E-state index is 13.0. The lowest BCUT2D eigenvalue weighted by atomic mass is 9.85. The Morgan fingerprint density at radius 3 is 2.57 bits per heavy atom. The molecule has 2 aromatic heterocycles. The molecule has 0 radical (unpaired) electrons. The Hall–Kier alpha value is -3.34. The summed E-state index contributed by atoms with van der Waals surface area (Å²) in [6.45, 7) is 8.17. The fourth-order valence-electron chi connectivity index (χ4n) is 3.62. The molecule has 3 N–H and O–H groups in total. The lowest BCUT2D eigenvalue weighted by molar-refractivity contribution is 0.102. The average Bonchev–Trinajstić information content (AvgIpc) is 3.08. The van der Waals surface area contributed by atoms with E-state index >= 15 is 0 Å². The Morgan fingerprint density at radius 1 is 1.04 bits per heavy atom. The summed E-state index contributed by atoms with van der Waals surface area (Å²) >= 11 is 0. The highest BCUT2D eigenvalue weighted by Crippen LogP contribution is 2.33. The molecule has 0 fully saturated rings. The van der Waals surface area contributed by atoms with Gasteiger partial charge in [0.1, 0.15) is 5.56 Å². The third kappa shape index (κ3) is 2.99. The normalized spacial score (nSPS) is 11.9. The largest absolute Gasteiger partial charge is 0.361 e. The molecular weight excluding hydrogens is 350 g/mol. The number of carbonyl (C=O) groups excluding carboxylic acids is 1. The van der Waals surface area contributed by atoms with Crippen LogP contribution < -0.4 is 10.7 Å². The number of nitrogens with one attached hydrogen (secondary N) is 3. The van der Waals surface area contributed by atoms with Gasteiger partial charge in [0.15, 0.2) is 0 Å². The number of pyridine rings is 1. The van der Waals surface area contributed by atoms with Gasteiger partial charge in [0.05, 0.1) is 0 Å². The highest BCUT2D eigenvalue weighted by Gasteiger charge is 2.22. The molecule has 0 unspecified atom stereocenters. The SMILES string of the molecule is Cc1cccc2[nH]cc(C(=O)Nc3cc4[nH]ccc4cc3C(C)(C)C)c(=O)c12. The van der Waals surface area contributed by atoms with Gasteiger partial charge in [-0.25, -0.2) is 0 Å². The van der Waals surface area contributed by atoms with Crippen LogP contribution in [0.4, 0.5) is 5.69 Å². The van der Waals surface area contributed by atoms with E-state index in [0.29, 0.717) is 11.1 Å². The maximum Gasteiger partial charge on any atom is 0.261 e. The van der Waals surface area contributed by atoms with Crippen LogP contribution in [0.1, 0.15) is 42.3 Å². The van der Waals surface area contributed by atoms with E-state index in [2.05, 4.69) is 42.1 Å². The van der Waals surface area contributed by atoms with Crippen LogP contribution in [0.25, 0.3) is 21.8 Å². The van der Waals surface area contributed by atoms with Gasteiger partial charge in [-0.1, -0.05) is 32.9 Å². The van der Waals surface area contributed by atoms with Crippen LogP contribution in [0.15, 0.2) is 53.6 Å². The zero-order valence-electron chi connectivity index (χ0n) is 16.4. The number of benzene rings is 2. The fourth-order valence-corrected chi connectivity index (χ4v) is 3.62. The van der Waals surface area contributed by atoms with Crippen molar-refractivity contribution in [3.63, 3.8) is 0 Å². The molecule has 0 spiro atoms. The number of amides is 1. The van der Waals surface area contributed by atoms with Gasteiger partial charge in [-0.3, -0.25) is 9.59 Å². The van der Waals surface area contributed by atoms with Crippen molar-refractivity contribution in [1.29, 1.82) is 0 Å². The minimum absolute atomic E-state index is 0.105. The Bertz CT molecular complexity index is 1270. The number of aryl methyl sites for hydroxylation is 1. The van der Waals surface area contributed by atoms with E-state index in [0.717, 1.165) is 27.5 Å². The van der Waals surface area contributed by atoms with Crippen molar-refractivity contribution in [1.82, 2.24) is 9.97 Å². The van der Waals surface area contributed by atoms with Gasteiger partial charge in [-0.2, -0.15) is 0 Å². The van der Waals surface area contributed by atoms with Gasteiger partial charge in [0.2, 0.25) is 5.43 Å². The van der Waals surface area contributed by atoms with Gasteiger partial charge in [0, 0.05) is 34.5 Å². The summed E-state index contributed by atoms with van der Waals surface area (Å²) in [6, 6.07) is 11.6. The molecule has 0 aliphatic rings. The molecule has 28 heavy (non-hydrogen) atoms. The molecule has 0 saturated heterocycles. The van der Waals surface area contributed by atoms with E-state index < -0.39 is 5.91 Å². The van der Waals surface area contributed by atoms with Crippen LogP contribution in [0.3, 0.4) is 0 Å². The molecule has 2 aromatic carbocycles. The second kappa shape index (κ2) is 6.37. The molecule has 0 saturated carbocycles. The first kappa shape index (κ1) is 18.0. The Kier molecular flexibility index (Phi) is 4.11. The molecule has 5 nitrogen and oxygen atoms in total. The van der Waals surface area contributed by atoms with Crippen molar-refractivity contribution < 1.29 is 4.79 Å². The van der Waals surface area contributed by atoms with E-state index in [1.807, 2.05) is 43.5 Å². The van der Waals surface area contributed by atoms with Gasteiger partial charge < -0.3 is 15.3 Å². The molecule has 0 bridgehead atoms. The zero-order chi connectivity index (χ0) is 20.1. The third-order valence-electron chi connectivity index (χ3n) is 5.11. The second-order valence-corrected chi connectivity index (χ2v) is 8.20. The summed E-state index contributed by atoms with van der Waals surface area (Å²) in [6.07, 6.45) is 3.36. The number of aromatic amines is 2. The molecule has 0 atom stereocenters. The van der Waals surface area contributed by atoms with Crippen molar-refractivity contribution in [2.45, 2.75) is 33.1 Å². The van der Waals surface area contributed by atoms with E-state index in [9.17, 15) is 9.59 Å². The summed E-state index contributed by atoms with van der Waals surface area (Å²) in [5.74, 6) is -0.414. The standard InChI is InChI=1S/C23H23N3O2/c1-13-6-5-7-17-20(13)21(27)15(12-25-17)22(28)26-19-11-18-14(8-9-24-18)10-16(19)23(2,3)4/h5-12,24H,1-4H3,(H,25,27)(H,26,28). The number of H-pyrrole nitrogens is 2. The van der Waals surface area contributed by atoms with Crippen molar-refractivity contribution in [2.75, 3.05) is 5.32 Å². The summed E-state index contributed by atoms with van der Waals surface area (Å²) in [4.78, 5) is 32.2. The first-order valence-corrected chi connectivity index (χ1v) is 9.29. The lowest BCUT2D eigenvalue weighted by Crippen LogP contribution is -2.24. The van der Waals surface area contributed by atoms with Crippen LogP contribution in [-0.4, -0.2) is 15.9 Å². The Morgan fingerprint density at radius 2 is 1.82 bits per heavy atom. The second-order valence-electron chi connectivity index (χ2n) is 8.20. The Labute approximate surface area is 162 Å². The first-order chi connectivity index (χ1) is 13.3. The monoisotopic (exact) mass is 373 g/mol. The van der Waals surface area contributed by atoms with Crippen molar-refractivity contribution in [2.24, 2.45) is 0 Å². The van der Waals surface area contributed by atoms with Crippen LogP contribution >= 0.6 is 0 Å². The zero-order valence-corrected chi connectivity index (χ0v) is 16.4. The highest BCUT2D eigenvalue weighted by atomic mass is 16.2. The summed E-state index contributed by atoms with van der Waals surface area (Å²) in [5.41, 5.74) is 3.90. The maximum atomic E-state index is 13.0. The number of hydrogen-bond donors (Lipinski definition) is 3. The summed E-state index contributed by atoms with van der Waals surface area (Å²) in [7, 11) is 0. The topological polar surface area (TPSA) is 77.8 Å². The van der Waals surface area contributed by atoms with Gasteiger partial charge in [-0.05, 0) is 53.1 Å². The molecule has 2 heterocycles. The van der Waals surface area contributed by atoms with E-state index in [-0.39, 0.29) is 16.4 Å². The number of fused-ring (bicyclic) bond motifs is 2. The smallest absolute Gasteiger partial charge is 0.261 e. The van der Waals surface area contributed by atoms with Gasteiger partial charge >= 0.3 is 0 Å². The van der Waals surface area contributed by atoms with E-state index in [1.54, 1.807) is 0 Å². The number of rotatable bonds is 2. The number of hydrogen-bond acceptors (Lipinski definition) is 2. The third-order valence-corrected chi connectivity index (χ3v) is 5.11. The lowest BCUT2D eigenvalue weighted by Gasteiger charge is -2.23. The molecule has 4 aromatic rings. The quantitative estimate of drug-likeness (QED) is 0.469. The molecule has 142 valence electrons. The molecule has 4 rings (SSSR count). The molecule has 0 aliphatic heterocycles. The van der Waals surface area contributed by atoms with Crippen LogP contribution in [0.5, 0.6) is 0 Å². The van der Waals surface area contributed by atoms with Gasteiger partial charge in [-0.15, -0.1) is 0 Å². The van der Waals surface area contributed by atoms with Crippen LogP contribution in [0.2, 0.25) is 0 Å². The predicted molar refractivity (Wildman–Crippen MR) is 114 cm³/mol. The van der Waals surface area contributed by atoms with E-state index in [4.69, 9.17) is 0 Å². The van der Waals surface area contributed by atoms with Crippen LogP contribution in [0, 0.1) is 6.92 Å².